The van der Waals surface area contributed by atoms with Gasteiger partial charge in [-0.2, -0.15) is 11.8 Å². The van der Waals surface area contributed by atoms with Crippen molar-refractivity contribution in [3.8, 4) is 0 Å². The van der Waals surface area contributed by atoms with Gasteiger partial charge in [-0.25, -0.2) is 9.78 Å². The lowest BCUT2D eigenvalue weighted by atomic mass is 10.1. The average Bonchev–Trinajstić information content (AvgIpc) is 3.42. The first kappa shape index (κ1) is 35.0. The number of nitrogens with one attached hydrogen (secondary N) is 4. The van der Waals surface area contributed by atoms with E-state index in [1.54, 1.807) is 0 Å². The summed E-state index contributed by atoms with van der Waals surface area (Å²) < 4.78 is 0. The van der Waals surface area contributed by atoms with Gasteiger partial charge in [0.25, 0.3) is 0 Å². The number of aliphatic imine (C=N–C) groups is 2. The van der Waals surface area contributed by atoms with Crippen molar-refractivity contribution in [3.05, 3.63) is 18.2 Å². The summed E-state index contributed by atoms with van der Waals surface area (Å²) in [5, 5.41) is 17.4. The molecule has 230 valence electrons. The van der Waals surface area contributed by atoms with Crippen LogP contribution < -0.4 is 44.6 Å². The molecule has 0 fully saturated rings. The quantitative estimate of drug-likeness (QED) is 0.0400. The first-order valence-corrected chi connectivity index (χ1v) is 14.3. The summed E-state index contributed by atoms with van der Waals surface area (Å²) in [7, 11) is 0. The number of rotatable bonds is 20. The molecular weight excluding hydrogens is 556 g/mol. The third-order valence-corrected chi connectivity index (χ3v) is 6.36. The predicted octanol–water partition coefficient (Wildman–Crippen LogP) is -3.32. The molecule has 0 spiro atoms. The predicted molar refractivity (Wildman–Crippen MR) is 157 cm³/mol. The molecule has 0 bridgehead atoms. The van der Waals surface area contributed by atoms with E-state index in [1.165, 1.54) is 24.3 Å². The Morgan fingerprint density at radius 1 is 0.902 bits per heavy atom. The Morgan fingerprint density at radius 2 is 1.44 bits per heavy atom. The molecule has 18 heteroatoms. The van der Waals surface area contributed by atoms with Crippen LogP contribution in [0.4, 0.5) is 0 Å². The number of aromatic amines is 1. The smallest absolute Gasteiger partial charge is 0.326 e. The van der Waals surface area contributed by atoms with Gasteiger partial charge >= 0.3 is 5.97 Å². The molecule has 0 saturated carbocycles. The Balaban J connectivity index is 2.97. The highest BCUT2D eigenvalue weighted by atomic mass is 32.2. The summed E-state index contributed by atoms with van der Waals surface area (Å²) in [6, 6.07) is -4.33. The Kier molecular flexibility index (Phi) is 16.3. The monoisotopic (exact) mass is 598 g/mol. The molecule has 15 N–H and O–H groups in total. The van der Waals surface area contributed by atoms with Crippen LogP contribution >= 0.6 is 11.8 Å². The SMILES string of the molecule is CSCCC(NC(=O)C(CCCN=C(N)N)NC(=O)C(N)CCCN=C(N)N)C(=O)NC(Cc1cnc[nH]1)C(=O)O. The molecule has 1 heterocycles. The third kappa shape index (κ3) is 14.8. The molecule has 0 aliphatic heterocycles. The number of imidazole rings is 1. The zero-order valence-electron chi connectivity index (χ0n) is 23.0. The Morgan fingerprint density at radius 3 is 1.95 bits per heavy atom. The van der Waals surface area contributed by atoms with Gasteiger partial charge in [0.1, 0.15) is 18.1 Å². The maximum absolute atomic E-state index is 13.3. The van der Waals surface area contributed by atoms with Crippen molar-refractivity contribution in [1.82, 2.24) is 25.9 Å². The number of thioether (sulfide) groups is 1. The molecule has 0 aliphatic rings. The molecule has 0 aromatic carbocycles. The largest absolute Gasteiger partial charge is 0.480 e. The molecule has 0 aliphatic carbocycles. The van der Waals surface area contributed by atoms with Crippen LogP contribution in [0.3, 0.4) is 0 Å². The van der Waals surface area contributed by atoms with Crippen molar-refractivity contribution >= 4 is 47.4 Å². The van der Waals surface area contributed by atoms with Crippen LogP contribution in [0.25, 0.3) is 0 Å². The second kappa shape index (κ2) is 19.1. The van der Waals surface area contributed by atoms with E-state index in [0.717, 1.165) is 0 Å². The molecule has 0 radical (unpaired) electrons. The number of nitrogens with two attached hydrogens (primary N) is 5. The van der Waals surface area contributed by atoms with Crippen LogP contribution in [0.1, 0.15) is 37.8 Å². The number of amides is 3. The minimum absolute atomic E-state index is 0.0329. The van der Waals surface area contributed by atoms with Crippen molar-refractivity contribution in [2.45, 2.75) is 62.7 Å². The van der Waals surface area contributed by atoms with Gasteiger partial charge in [0.05, 0.1) is 12.4 Å². The third-order valence-electron chi connectivity index (χ3n) is 5.72. The summed E-state index contributed by atoms with van der Waals surface area (Å²) >= 11 is 1.45. The standard InChI is InChI=1S/C23H42N12O5S/c1-41-9-6-16(20(38)35-17(21(39)40)10-13-11-29-12-32-13)34-19(37)15(5-3-8-31-23(27)28)33-18(36)14(24)4-2-7-30-22(25)26/h11-12,14-17H,2-10,24H2,1H3,(H,29,32)(H,33,36)(H,34,37)(H,35,38)(H,39,40)(H4,25,26,30)(H4,27,28,31). The van der Waals surface area contributed by atoms with Gasteiger partial charge < -0.3 is 54.7 Å². The molecule has 3 amide bonds. The molecule has 1 aromatic rings. The molecule has 41 heavy (non-hydrogen) atoms. The molecular formula is C23H42N12O5S. The number of carbonyl (C=O) groups is 4. The summed E-state index contributed by atoms with van der Waals surface area (Å²) in [5.41, 5.74) is 27.8. The number of carbonyl (C=O) groups excluding carboxylic acids is 3. The molecule has 1 rings (SSSR count). The van der Waals surface area contributed by atoms with E-state index in [2.05, 4.69) is 35.9 Å². The Hall–Kier alpha value is -4.06. The maximum Gasteiger partial charge on any atom is 0.326 e. The number of carboxylic acid groups (broad SMARTS) is 1. The summed E-state index contributed by atoms with van der Waals surface area (Å²) in [4.78, 5) is 65.3. The average molecular weight is 599 g/mol. The second-order valence-electron chi connectivity index (χ2n) is 9.09. The number of hydrogen-bond acceptors (Lipinski definition) is 9. The molecule has 4 unspecified atom stereocenters. The van der Waals surface area contributed by atoms with E-state index in [0.29, 0.717) is 24.3 Å². The van der Waals surface area contributed by atoms with Crippen LogP contribution in [0.2, 0.25) is 0 Å². The van der Waals surface area contributed by atoms with E-state index in [-0.39, 0.29) is 50.7 Å². The molecule has 1 aromatic heterocycles. The molecule has 4 atom stereocenters. The number of aliphatic carboxylic acids is 1. The zero-order valence-corrected chi connectivity index (χ0v) is 23.9. The lowest BCUT2D eigenvalue weighted by Gasteiger charge is -2.25. The van der Waals surface area contributed by atoms with E-state index >= 15 is 0 Å². The first-order chi connectivity index (χ1) is 19.4. The maximum atomic E-state index is 13.3. The van der Waals surface area contributed by atoms with Crippen LogP contribution in [0.5, 0.6) is 0 Å². The van der Waals surface area contributed by atoms with E-state index in [4.69, 9.17) is 28.7 Å². The van der Waals surface area contributed by atoms with E-state index in [9.17, 15) is 24.3 Å². The number of carboxylic acids is 1. The van der Waals surface area contributed by atoms with E-state index < -0.39 is 47.9 Å². The van der Waals surface area contributed by atoms with Crippen LogP contribution in [-0.2, 0) is 25.6 Å². The van der Waals surface area contributed by atoms with E-state index in [1.807, 2.05) is 6.26 Å². The van der Waals surface area contributed by atoms with Crippen molar-refractivity contribution < 1.29 is 24.3 Å². The van der Waals surface area contributed by atoms with Gasteiger partial charge in [-0.05, 0) is 44.1 Å². The number of nitrogens with zero attached hydrogens (tertiary/aromatic N) is 3. The lowest BCUT2D eigenvalue weighted by molar-refractivity contribution is -0.142. The minimum atomic E-state index is -1.26. The molecule has 0 saturated heterocycles. The topological polar surface area (TPSA) is 308 Å². The number of aromatic nitrogens is 2. The van der Waals surface area contributed by atoms with Crippen molar-refractivity contribution in [1.29, 1.82) is 0 Å². The van der Waals surface area contributed by atoms with Gasteiger partial charge in [0.2, 0.25) is 17.7 Å². The van der Waals surface area contributed by atoms with Crippen LogP contribution in [-0.4, -0.2) is 99.9 Å². The van der Waals surface area contributed by atoms with Gasteiger partial charge in [0.15, 0.2) is 11.9 Å². The number of H-pyrrole nitrogens is 1. The second-order valence-corrected chi connectivity index (χ2v) is 10.1. The van der Waals surface area contributed by atoms with Crippen molar-refractivity contribution in [2.75, 3.05) is 25.1 Å². The normalized spacial score (nSPS) is 13.6. The fourth-order valence-corrected chi connectivity index (χ4v) is 4.04. The van der Waals surface area contributed by atoms with Crippen LogP contribution in [0.15, 0.2) is 22.5 Å². The van der Waals surface area contributed by atoms with Gasteiger partial charge in [-0.15, -0.1) is 0 Å². The van der Waals surface area contributed by atoms with Gasteiger partial charge in [-0.1, -0.05) is 0 Å². The fourth-order valence-electron chi connectivity index (χ4n) is 3.57. The molecule has 17 nitrogen and oxygen atoms in total. The fraction of sp³-hybridized carbons (Fsp3) is 0.609. The Labute approximate surface area is 242 Å². The van der Waals surface area contributed by atoms with Crippen molar-refractivity contribution in [2.24, 2.45) is 38.7 Å². The highest BCUT2D eigenvalue weighted by Gasteiger charge is 2.30. The number of guanidine groups is 2. The highest BCUT2D eigenvalue weighted by molar-refractivity contribution is 7.98. The Bertz CT molecular complexity index is 1030. The zero-order chi connectivity index (χ0) is 30.8. The van der Waals surface area contributed by atoms with Gasteiger partial charge in [-0.3, -0.25) is 24.4 Å². The highest BCUT2D eigenvalue weighted by Crippen LogP contribution is 2.07. The summed E-state index contributed by atoms with van der Waals surface area (Å²) in [5.74, 6) is -2.84. The summed E-state index contributed by atoms with van der Waals surface area (Å²) in [6.45, 7) is 0.493. The summed E-state index contributed by atoms with van der Waals surface area (Å²) in [6.07, 6.45) is 6.04. The number of hydrogen-bond donors (Lipinski definition) is 10. The minimum Gasteiger partial charge on any atom is -0.480 e. The van der Waals surface area contributed by atoms with Crippen molar-refractivity contribution in [3.63, 3.8) is 0 Å². The van der Waals surface area contributed by atoms with Gasteiger partial charge in [0, 0.05) is 31.4 Å². The van der Waals surface area contributed by atoms with Crippen LogP contribution in [0, 0.1) is 0 Å². The lowest BCUT2D eigenvalue weighted by Crippen LogP contribution is -2.57. The first-order valence-electron chi connectivity index (χ1n) is 12.9.